The molecule has 2 unspecified atom stereocenters. The van der Waals surface area contributed by atoms with E-state index >= 15 is 0 Å². The molecule has 3 rings (SSSR count). The van der Waals surface area contributed by atoms with Gasteiger partial charge in [0.25, 0.3) is 0 Å². The smallest absolute Gasteiger partial charge is 0.126 e. The molecule has 1 aromatic carbocycles. The van der Waals surface area contributed by atoms with E-state index in [2.05, 4.69) is 19.2 Å². The van der Waals surface area contributed by atoms with Crippen molar-refractivity contribution in [1.29, 1.82) is 0 Å². The molecule has 0 aliphatic heterocycles. The molecule has 2 saturated carbocycles. The average molecular weight is 289 g/mol. The zero-order chi connectivity index (χ0) is 14.9. The Kier molecular flexibility index (Phi) is 4.35. The van der Waals surface area contributed by atoms with E-state index < -0.39 is 0 Å². The van der Waals surface area contributed by atoms with Gasteiger partial charge in [-0.25, -0.2) is 4.39 Å². The molecule has 0 heterocycles. The summed E-state index contributed by atoms with van der Waals surface area (Å²) < 4.78 is 14.0. The van der Waals surface area contributed by atoms with Gasteiger partial charge in [0, 0.05) is 6.04 Å². The monoisotopic (exact) mass is 289 g/mol. The van der Waals surface area contributed by atoms with Gasteiger partial charge in [-0.15, -0.1) is 0 Å². The van der Waals surface area contributed by atoms with Crippen molar-refractivity contribution in [2.24, 2.45) is 17.3 Å². The van der Waals surface area contributed by atoms with Crippen LogP contribution in [0.25, 0.3) is 0 Å². The van der Waals surface area contributed by atoms with Gasteiger partial charge in [0.2, 0.25) is 0 Å². The summed E-state index contributed by atoms with van der Waals surface area (Å²) in [6.45, 7) is 5.86. The van der Waals surface area contributed by atoms with Crippen LogP contribution in [0.4, 0.5) is 4.39 Å². The first-order valence-corrected chi connectivity index (χ1v) is 8.50. The van der Waals surface area contributed by atoms with Crippen LogP contribution in [0.1, 0.15) is 51.5 Å². The Morgan fingerprint density at radius 1 is 1.14 bits per heavy atom. The Labute approximate surface area is 128 Å². The minimum atomic E-state index is -0.0326. The van der Waals surface area contributed by atoms with E-state index in [1.54, 1.807) is 12.1 Å². The molecule has 2 heteroatoms. The number of halogens is 1. The molecule has 2 atom stereocenters. The van der Waals surface area contributed by atoms with Crippen LogP contribution in [-0.4, -0.2) is 12.6 Å². The topological polar surface area (TPSA) is 12.0 Å². The first-order valence-electron chi connectivity index (χ1n) is 8.50. The molecule has 0 radical (unpaired) electrons. The minimum Gasteiger partial charge on any atom is -0.314 e. The first kappa shape index (κ1) is 15.0. The molecule has 2 aliphatic carbocycles. The Balaban J connectivity index is 1.68. The van der Waals surface area contributed by atoms with Crippen molar-refractivity contribution in [2.45, 2.75) is 58.4 Å². The van der Waals surface area contributed by atoms with Crippen molar-refractivity contribution in [3.05, 3.63) is 35.6 Å². The maximum Gasteiger partial charge on any atom is 0.126 e. The van der Waals surface area contributed by atoms with Gasteiger partial charge in [0.15, 0.2) is 0 Å². The van der Waals surface area contributed by atoms with Crippen LogP contribution >= 0.6 is 0 Å². The van der Waals surface area contributed by atoms with E-state index in [-0.39, 0.29) is 5.82 Å². The number of hydrogen-bond donors (Lipinski definition) is 1. The maximum atomic E-state index is 14.0. The predicted octanol–water partition coefficient (Wildman–Crippen LogP) is 4.56. The van der Waals surface area contributed by atoms with Gasteiger partial charge < -0.3 is 5.32 Å². The van der Waals surface area contributed by atoms with E-state index in [4.69, 9.17) is 0 Å². The summed E-state index contributed by atoms with van der Waals surface area (Å²) in [6, 6.07) is 8.08. The second kappa shape index (κ2) is 6.08. The zero-order valence-corrected chi connectivity index (χ0v) is 13.4. The van der Waals surface area contributed by atoms with Crippen LogP contribution in [0.5, 0.6) is 0 Å². The Morgan fingerprint density at radius 3 is 2.62 bits per heavy atom. The number of benzene rings is 1. The standard InChI is InChI=1S/C19H28FN/c1-19(2)10-9-15(13-21-17-7-8-17)16(12-19)11-14-5-3-4-6-18(14)20/h3-6,15-17,21H,7-13H2,1-2H3. The summed E-state index contributed by atoms with van der Waals surface area (Å²) >= 11 is 0. The third-order valence-corrected chi connectivity index (χ3v) is 5.36. The quantitative estimate of drug-likeness (QED) is 0.837. The van der Waals surface area contributed by atoms with Crippen molar-refractivity contribution in [3.63, 3.8) is 0 Å². The number of rotatable bonds is 5. The van der Waals surface area contributed by atoms with Gasteiger partial charge in [0.05, 0.1) is 0 Å². The summed E-state index contributed by atoms with van der Waals surface area (Å²) in [6.07, 6.45) is 7.39. The van der Waals surface area contributed by atoms with Gasteiger partial charge in [-0.3, -0.25) is 0 Å². The fraction of sp³-hybridized carbons (Fsp3) is 0.684. The van der Waals surface area contributed by atoms with Crippen LogP contribution in [-0.2, 0) is 6.42 Å². The fourth-order valence-corrected chi connectivity index (χ4v) is 3.85. The van der Waals surface area contributed by atoms with Gasteiger partial charge in [-0.05, 0) is 74.0 Å². The highest BCUT2D eigenvalue weighted by molar-refractivity contribution is 5.18. The van der Waals surface area contributed by atoms with Gasteiger partial charge in [-0.1, -0.05) is 32.0 Å². The average Bonchev–Trinajstić information content (AvgIpc) is 3.24. The molecule has 116 valence electrons. The second-order valence-corrected chi connectivity index (χ2v) is 7.91. The minimum absolute atomic E-state index is 0.0326. The normalized spacial score (nSPS) is 28.5. The van der Waals surface area contributed by atoms with Crippen molar-refractivity contribution in [3.8, 4) is 0 Å². The fourth-order valence-electron chi connectivity index (χ4n) is 3.85. The van der Waals surface area contributed by atoms with Gasteiger partial charge in [0.1, 0.15) is 5.82 Å². The summed E-state index contributed by atoms with van der Waals surface area (Å²) in [7, 11) is 0. The molecule has 2 aliphatic rings. The molecule has 21 heavy (non-hydrogen) atoms. The molecule has 1 aromatic rings. The van der Waals surface area contributed by atoms with Crippen LogP contribution in [0, 0.1) is 23.1 Å². The van der Waals surface area contributed by atoms with E-state index in [9.17, 15) is 4.39 Å². The maximum absolute atomic E-state index is 14.0. The SMILES string of the molecule is CC1(C)CCC(CNC2CC2)C(Cc2ccccc2F)C1. The molecule has 1 nitrogen and oxygen atoms in total. The molecule has 2 fully saturated rings. The van der Waals surface area contributed by atoms with Crippen LogP contribution < -0.4 is 5.32 Å². The molecular weight excluding hydrogens is 261 g/mol. The van der Waals surface area contributed by atoms with Crippen molar-refractivity contribution in [2.75, 3.05) is 6.54 Å². The first-order chi connectivity index (χ1) is 10.0. The predicted molar refractivity (Wildman–Crippen MR) is 85.7 cm³/mol. The third-order valence-electron chi connectivity index (χ3n) is 5.36. The highest BCUT2D eigenvalue weighted by Gasteiger charge is 2.35. The van der Waals surface area contributed by atoms with E-state index in [0.29, 0.717) is 17.3 Å². The lowest BCUT2D eigenvalue weighted by Crippen LogP contribution is -2.37. The highest BCUT2D eigenvalue weighted by Crippen LogP contribution is 2.43. The summed E-state index contributed by atoms with van der Waals surface area (Å²) in [5.41, 5.74) is 1.31. The van der Waals surface area contributed by atoms with Gasteiger partial charge >= 0.3 is 0 Å². The molecule has 0 bridgehead atoms. The summed E-state index contributed by atoms with van der Waals surface area (Å²) in [5.74, 6) is 1.28. The number of hydrogen-bond acceptors (Lipinski definition) is 1. The highest BCUT2D eigenvalue weighted by atomic mass is 19.1. The lowest BCUT2D eigenvalue weighted by molar-refractivity contribution is 0.115. The van der Waals surface area contributed by atoms with Crippen LogP contribution in [0.2, 0.25) is 0 Å². The van der Waals surface area contributed by atoms with Crippen molar-refractivity contribution in [1.82, 2.24) is 5.32 Å². The molecule has 1 N–H and O–H groups in total. The molecule has 0 aromatic heterocycles. The Morgan fingerprint density at radius 2 is 1.90 bits per heavy atom. The largest absolute Gasteiger partial charge is 0.314 e. The number of nitrogens with one attached hydrogen (secondary N) is 1. The molecule has 0 saturated heterocycles. The summed E-state index contributed by atoms with van der Waals surface area (Å²) in [5, 5.41) is 3.69. The molecule has 0 amide bonds. The lowest BCUT2D eigenvalue weighted by atomic mass is 9.65. The van der Waals surface area contributed by atoms with E-state index in [0.717, 1.165) is 24.6 Å². The lowest BCUT2D eigenvalue weighted by Gasteiger charge is -2.41. The van der Waals surface area contributed by atoms with Crippen molar-refractivity contribution < 1.29 is 4.39 Å². The Bertz CT molecular complexity index is 476. The second-order valence-electron chi connectivity index (χ2n) is 7.91. The molecule has 0 spiro atoms. The van der Waals surface area contributed by atoms with Crippen molar-refractivity contribution >= 4 is 0 Å². The Hall–Kier alpha value is -0.890. The third kappa shape index (κ3) is 4.06. The zero-order valence-electron chi connectivity index (χ0n) is 13.4. The van der Waals surface area contributed by atoms with E-state index in [1.165, 1.54) is 32.1 Å². The summed E-state index contributed by atoms with van der Waals surface area (Å²) in [4.78, 5) is 0. The molecular formula is C19H28FN. The van der Waals surface area contributed by atoms with Crippen LogP contribution in [0.15, 0.2) is 24.3 Å². The van der Waals surface area contributed by atoms with Gasteiger partial charge in [-0.2, -0.15) is 0 Å². The van der Waals surface area contributed by atoms with Crippen LogP contribution in [0.3, 0.4) is 0 Å². The van der Waals surface area contributed by atoms with E-state index in [1.807, 2.05) is 12.1 Å².